The molecule has 1 heterocycles. The lowest BCUT2D eigenvalue weighted by Gasteiger charge is -2.31. The van der Waals surface area contributed by atoms with Crippen molar-refractivity contribution in [1.82, 2.24) is 0 Å². The lowest BCUT2D eigenvalue weighted by atomic mass is 9.81. The van der Waals surface area contributed by atoms with Crippen molar-refractivity contribution in [1.29, 1.82) is 0 Å². The van der Waals surface area contributed by atoms with E-state index in [2.05, 4.69) is 0 Å². The van der Waals surface area contributed by atoms with E-state index in [4.69, 9.17) is 18.9 Å². The Morgan fingerprint density at radius 2 is 1.80 bits per heavy atom. The fourth-order valence-electron chi connectivity index (χ4n) is 3.08. The highest BCUT2D eigenvalue weighted by Gasteiger charge is 2.60. The maximum atomic E-state index is 13.3. The van der Waals surface area contributed by atoms with E-state index in [1.807, 2.05) is 6.92 Å². The maximum Gasteiger partial charge on any atom is 0.338 e. The van der Waals surface area contributed by atoms with Crippen molar-refractivity contribution in [3.63, 3.8) is 0 Å². The molecule has 0 bridgehead atoms. The summed E-state index contributed by atoms with van der Waals surface area (Å²) in [5.41, 5.74) is -1.15. The average Bonchev–Trinajstić information content (AvgIpc) is 2.88. The Labute approximate surface area is 143 Å². The van der Waals surface area contributed by atoms with Crippen LogP contribution in [0.2, 0.25) is 0 Å². The maximum absolute atomic E-state index is 13.3. The molecule has 0 aromatic heterocycles. The first-order chi connectivity index (χ1) is 11.9. The fraction of sp³-hybridized carbons (Fsp3) is 0.278. The van der Waals surface area contributed by atoms with Gasteiger partial charge in [0.2, 0.25) is 5.78 Å². The van der Waals surface area contributed by atoms with Gasteiger partial charge in [0.1, 0.15) is 22.6 Å². The summed E-state index contributed by atoms with van der Waals surface area (Å²) in [6.07, 6.45) is 2.15. The molecule has 1 aromatic rings. The zero-order valence-electron chi connectivity index (χ0n) is 14.2. The molecule has 1 aromatic carbocycles. The number of rotatable bonds is 3. The van der Waals surface area contributed by atoms with Crippen LogP contribution in [0.1, 0.15) is 15.9 Å². The van der Waals surface area contributed by atoms with Gasteiger partial charge >= 0.3 is 5.97 Å². The van der Waals surface area contributed by atoms with E-state index < -0.39 is 23.1 Å². The van der Waals surface area contributed by atoms with E-state index in [0.29, 0.717) is 5.75 Å². The number of ether oxygens (including phenoxy) is 4. The van der Waals surface area contributed by atoms with E-state index in [1.54, 1.807) is 12.1 Å². The standard InChI is InChI=1S/C18H16O7/c1-9-5-12(22-2)15-13(6-9)25-18(16(15)20)11(17(21)24-4)7-10(19)8-14(18)23-3/h5-8H,1-4H3. The number of benzene rings is 1. The van der Waals surface area contributed by atoms with Gasteiger partial charge in [0.05, 0.1) is 21.3 Å². The molecule has 130 valence electrons. The average molecular weight is 344 g/mol. The third kappa shape index (κ3) is 2.23. The molecule has 0 N–H and O–H groups in total. The van der Waals surface area contributed by atoms with Gasteiger partial charge in [-0.15, -0.1) is 0 Å². The third-order valence-corrected chi connectivity index (χ3v) is 4.15. The molecule has 1 spiro atoms. The molecule has 2 aliphatic rings. The van der Waals surface area contributed by atoms with Crippen LogP contribution in [0.25, 0.3) is 0 Å². The molecule has 25 heavy (non-hydrogen) atoms. The molecule has 0 saturated heterocycles. The van der Waals surface area contributed by atoms with Crippen molar-refractivity contribution in [2.75, 3.05) is 21.3 Å². The summed E-state index contributed by atoms with van der Waals surface area (Å²) in [4.78, 5) is 37.5. The Hall–Kier alpha value is -3.09. The number of ketones is 2. The van der Waals surface area contributed by atoms with Gasteiger partial charge in [-0.1, -0.05) is 0 Å². The van der Waals surface area contributed by atoms with Crippen LogP contribution < -0.4 is 9.47 Å². The van der Waals surface area contributed by atoms with Gasteiger partial charge in [0.25, 0.3) is 5.60 Å². The van der Waals surface area contributed by atoms with E-state index in [9.17, 15) is 14.4 Å². The largest absolute Gasteiger partial charge is 0.496 e. The van der Waals surface area contributed by atoms with Crippen LogP contribution in [0.15, 0.2) is 35.6 Å². The highest BCUT2D eigenvalue weighted by molar-refractivity contribution is 6.21. The fourth-order valence-corrected chi connectivity index (χ4v) is 3.08. The zero-order chi connectivity index (χ0) is 18.4. The van der Waals surface area contributed by atoms with E-state index in [1.165, 1.54) is 14.2 Å². The second-order valence-electron chi connectivity index (χ2n) is 5.62. The Balaban J connectivity index is 2.28. The Morgan fingerprint density at radius 3 is 2.40 bits per heavy atom. The Bertz CT molecular complexity index is 862. The van der Waals surface area contributed by atoms with E-state index in [0.717, 1.165) is 24.8 Å². The predicted molar refractivity (Wildman–Crippen MR) is 85.6 cm³/mol. The number of carbonyl (C=O) groups is 3. The molecule has 1 aliphatic carbocycles. The van der Waals surface area contributed by atoms with Gasteiger partial charge in [0, 0.05) is 12.2 Å². The first-order valence-electron chi connectivity index (χ1n) is 7.42. The summed E-state index contributed by atoms with van der Waals surface area (Å²) in [5, 5.41) is 0. The first-order valence-corrected chi connectivity index (χ1v) is 7.42. The summed E-state index contributed by atoms with van der Waals surface area (Å²) in [6.45, 7) is 1.82. The van der Waals surface area contributed by atoms with Gasteiger partial charge in [-0.3, -0.25) is 9.59 Å². The zero-order valence-corrected chi connectivity index (χ0v) is 14.2. The summed E-state index contributed by atoms with van der Waals surface area (Å²) >= 11 is 0. The quantitative estimate of drug-likeness (QED) is 0.768. The van der Waals surface area contributed by atoms with Crippen LogP contribution >= 0.6 is 0 Å². The number of hydrogen-bond acceptors (Lipinski definition) is 7. The summed E-state index contributed by atoms with van der Waals surface area (Å²) in [5.74, 6) is -1.44. The molecule has 1 atom stereocenters. The second kappa shape index (κ2) is 5.77. The van der Waals surface area contributed by atoms with Gasteiger partial charge in [-0.25, -0.2) is 4.79 Å². The first kappa shape index (κ1) is 16.8. The highest BCUT2D eigenvalue weighted by Crippen LogP contribution is 2.48. The molecule has 0 fully saturated rings. The number of allylic oxidation sites excluding steroid dienone is 2. The number of fused-ring (bicyclic) bond motifs is 1. The van der Waals surface area contributed by atoms with Gasteiger partial charge in [-0.05, 0) is 24.6 Å². The minimum atomic E-state index is -1.90. The van der Waals surface area contributed by atoms with Gasteiger partial charge in [0.15, 0.2) is 11.5 Å². The van der Waals surface area contributed by atoms with Crippen molar-refractivity contribution in [3.05, 3.63) is 46.7 Å². The molecule has 0 radical (unpaired) electrons. The minimum absolute atomic E-state index is 0.0821. The lowest BCUT2D eigenvalue weighted by molar-refractivity contribution is -0.138. The number of esters is 1. The highest BCUT2D eigenvalue weighted by atomic mass is 16.6. The summed E-state index contributed by atoms with van der Waals surface area (Å²) < 4.78 is 21.2. The van der Waals surface area contributed by atoms with Crippen LogP contribution in [-0.4, -0.2) is 44.5 Å². The molecule has 0 amide bonds. The van der Waals surface area contributed by atoms with Gasteiger partial charge in [-0.2, -0.15) is 0 Å². The monoisotopic (exact) mass is 344 g/mol. The molecule has 0 saturated carbocycles. The van der Waals surface area contributed by atoms with Crippen LogP contribution in [0, 0.1) is 6.92 Å². The molecule has 3 rings (SSSR count). The third-order valence-electron chi connectivity index (χ3n) is 4.15. The Morgan fingerprint density at radius 1 is 1.08 bits per heavy atom. The second-order valence-corrected chi connectivity index (χ2v) is 5.62. The molecule has 1 unspecified atom stereocenters. The molecule has 1 aliphatic heterocycles. The van der Waals surface area contributed by atoms with E-state index >= 15 is 0 Å². The molecular weight excluding hydrogens is 328 g/mol. The van der Waals surface area contributed by atoms with Crippen molar-refractivity contribution in [2.24, 2.45) is 0 Å². The molecular formula is C18H16O7. The lowest BCUT2D eigenvalue weighted by Crippen LogP contribution is -2.49. The smallest absolute Gasteiger partial charge is 0.338 e. The number of aryl methyl sites for hydroxylation is 1. The topological polar surface area (TPSA) is 88.1 Å². The SMILES string of the molecule is COC(=O)C1=CC(=O)C=C(OC)C12Oc1cc(C)cc(OC)c1C2=O. The van der Waals surface area contributed by atoms with Crippen molar-refractivity contribution in [2.45, 2.75) is 12.5 Å². The van der Waals surface area contributed by atoms with Crippen LogP contribution in [-0.2, 0) is 19.1 Å². The van der Waals surface area contributed by atoms with Crippen molar-refractivity contribution < 1.29 is 33.3 Å². The number of Topliss-reactive ketones (excluding diaryl/α,β-unsaturated/α-hetero) is 1. The van der Waals surface area contributed by atoms with Gasteiger partial charge < -0.3 is 18.9 Å². The number of carbonyl (C=O) groups excluding carboxylic acids is 3. The predicted octanol–water partition coefficient (Wildman–Crippen LogP) is 1.53. The minimum Gasteiger partial charge on any atom is -0.496 e. The van der Waals surface area contributed by atoms with Crippen LogP contribution in [0.5, 0.6) is 11.5 Å². The van der Waals surface area contributed by atoms with Crippen LogP contribution in [0.4, 0.5) is 0 Å². The number of hydrogen-bond donors (Lipinski definition) is 0. The van der Waals surface area contributed by atoms with E-state index in [-0.39, 0.29) is 22.6 Å². The molecule has 7 heteroatoms. The summed E-state index contributed by atoms with van der Waals surface area (Å²) in [6, 6.07) is 3.34. The molecule has 7 nitrogen and oxygen atoms in total. The van der Waals surface area contributed by atoms with Crippen LogP contribution in [0.3, 0.4) is 0 Å². The Kier molecular flexibility index (Phi) is 3.87. The van der Waals surface area contributed by atoms with Crippen molar-refractivity contribution >= 4 is 17.5 Å². The summed E-state index contributed by atoms with van der Waals surface area (Å²) in [7, 11) is 3.88. The normalized spacial score (nSPS) is 21.3. The van der Waals surface area contributed by atoms with Crippen molar-refractivity contribution in [3.8, 4) is 11.5 Å². The number of methoxy groups -OCH3 is 3.